The molecule has 1 aliphatic heterocycles. The molecular formula is C26H25ClF3N3O4. The lowest BCUT2D eigenvalue weighted by Crippen LogP contribution is -2.42. The molecule has 0 aromatic heterocycles. The van der Waals surface area contributed by atoms with Gasteiger partial charge < -0.3 is 15.7 Å². The second-order valence-corrected chi connectivity index (χ2v) is 8.99. The molecular weight excluding hydrogens is 511 g/mol. The third kappa shape index (κ3) is 7.42. The minimum absolute atomic E-state index is 0.0316. The van der Waals surface area contributed by atoms with Crippen LogP contribution >= 0.6 is 11.6 Å². The number of carbonyl (C=O) groups is 3. The highest BCUT2D eigenvalue weighted by Crippen LogP contribution is 2.30. The Morgan fingerprint density at radius 1 is 1.14 bits per heavy atom. The summed E-state index contributed by atoms with van der Waals surface area (Å²) in [7, 11) is 0. The fourth-order valence-corrected chi connectivity index (χ4v) is 4.23. The smallest absolute Gasteiger partial charge is 0.415 e. The van der Waals surface area contributed by atoms with E-state index in [0.29, 0.717) is 24.0 Å². The molecule has 2 aromatic rings. The number of hydrogen-bond donors (Lipinski definition) is 3. The van der Waals surface area contributed by atoms with E-state index in [2.05, 4.69) is 15.6 Å². The lowest BCUT2D eigenvalue weighted by atomic mass is 9.97. The van der Waals surface area contributed by atoms with Gasteiger partial charge >= 0.3 is 12.1 Å². The van der Waals surface area contributed by atoms with Gasteiger partial charge in [-0.05, 0) is 42.5 Å². The molecule has 3 N–H and O–H groups in total. The van der Waals surface area contributed by atoms with E-state index in [1.807, 2.05) is 0 Å². The summed E-state index contributed by atoms with van der Waals surface area (Å²) in [6.45, 7) is 1.70. The summed E-state index contributed by atoms with van der Waals surface area (Å²) in [6, 6.07) is 8.53. The molecule has 2 unspecified atom stereocenters. The number of carboxylic acids is 1. The highest BCUT2D eigenvalue weighted by Gasteiger charge is 2.44. The molecule has 1 amide bonds. The van der Waals surface area contributed by atoms with Gasteiger partial charge in [-0.15, -0.1) is 0 Å². The molecule has 0 aliphatic carbocycles. The molecule has 196 valence electrons. The molecule has 0 spiro atoms. The van der Waals surface area contributed by atoms with Crippen molar-refractivity contribution in [1.29, 1.82) is 0 Å². The standard InChI is InChI=1S/C26H25ClF3N3O4/c1-15-4-2-6-19(27)22(15)24(35)33-20(25(36)37)12-17-10-8-16(9-11-17)5-3-7-21(34)18-13-31-14-32-23(18)26(28,29)30/h2,4,6,8-11,13-14,20,23H,3,5,7,12H2,1H3,(H,31,32)(H,33,35)(H,36,37). The summed E-state index contributed by atoms with van der Waals surface area (Å²) in [5.74, 6) is -2.41. The van der Waals surface area contributed by atoms with E-state index in [4.69, 9.17) is 11.6 Å². The fraction of sp³-hybridized carbons (Fsp3) is 0.308. The molecule has 2 aromatic carbocycles. The average molecular weight is 536 g/mol. The fourth-order valence-electron chi connectivity index (χ4n) is 3.92. The third-order valence-corrected chi connectivity index (χ3v) is 6.16. The number of aliphatic carboxylic acids is 1. The number of amides is 1. The van der Waals surface area contributed by atoms with Crippen molar-refractivity contribution in [2.24, 2.45) is 4.99 Å². The summed E-state index contributed by atoms with van der Waals surface area (Å²) in [6.07, 6.45) is -1.97. The number of carbonyl (C=O) groups excluding carboxylic acids is 2. The monoisotopic (exact) mass is 535 g/mol. The Morgan fingerprint density at radius 2 is 1.81 bits per heavy atom. The van der Waals surface area contributed by atoms with Crippen LogP contribution in [0.25, 0.3) is 0 Å². The Labute approximate surface area is 216 Å². The number of nitrogens with zero attached hydrogens (tertiary/aromatic N) is 1. The third-order valence-electron chi connectivity index (χ3n) is 5.85. The van der Waals surface area contributed by atoms with Gasteiger partial charge in [-0.1, -0.05) is 48.0 Å². The van der Waals surface area contributed by atoms with Crippen LogP contribution in [0.4, 0.5) is 13.2 Å². The van der Waals surface area contributed by atoms with Crippen molar-refractivity contribution in [3.63, 3.8) is 0 Å². The normalized spacial score (nSPS) is 15.9. The van der Waals surface area contributed by atoms with E-state index in [9.17, 15) is 32.7 Å². The zero-order chi connectivity index (χ0) is 27.2. The molecule has 2 atom stereocenters. The Kier molecular flexibility index (Phi) is 9.09. The van der Waals surface area contributed by atoms with E-state index in [1.165, 1.54) is 0 Å². The van der Waals surface area contributed by atoms with Gasteiger partial charge in [-0.2, -0.15) is 13.2 Å². The van der Waals surface area contributed by atoms with Gasteiger partial charge in [-0.25, -0.2) is 4.79 Å². The maximum atomic E-state index is 13.1. The Hall–Kier alpha value is -3.66. The van der Waals surface area contributed by atoms with E-state index in [1.54, 1.807) is 49.4 Å². The van der Waals surface area contributed by atoms with Crippen molar-refractivity contribution in [2.75, 3.05) is 0 Å². The second-order valence-electron chi connectivity index (χ2n) is 8.58. The number of Topliss-reactive ketones (excluding diaryl/α,β-unsaturated/α-hetero) is 1. The molecule has 1 heterocycles. The summed E-state index contributed by atoms with van der Waals surface area (Å²) in [5.41, 5.74) is 1.91. The molecule has 0 fully saturated rings. The van der Waals surface area contributed by atoms with Crippen LogP contribution in [0.2, 0.25) is 5.02 Å². The number of nitrogens with one attached hydrogen (secondary N) is 2. The van der Waals surface area contributed by atoms with Gasteiger partial charge in [0, 0.05) is 24.6 Å². The van der Waals surface area contributed by atoms with Gasteiger partial charge in [0.05, 0.1) is 16.9 Å². The number of benzene rings is 2. The highest BCUT2D eigenvalue weighted by molar-refractivity contribution is 6.34. The Bertz CT molecular complexity index is 1210. The number of carboxylic acid groups (broad SMARTS) is 1. The van der Waals surface area contributed by atoms with Crippen molar-refractivity contribution in [2.45, 2.75) is 50.9 Å². The van der Waals surface area contributed by atoms with Crippen LogP contribution in [0.5, 0.6) is 0 Å². The van der Waals surface area contributed by atoms with Crippen LogP contribution in [-0.2, 0) is 22.4 Å². The molecule has 3 rings (SSSR count). The summed E-state index contributed by atoms with van der Waals surface area (Å²) in [4.78, 5) is 40.1. The number of alkyl halides is 3. The van der Waals surface area contributed by atoms with Crippen LogP contribution in [0.1, 0.15) is 39.9 Å². The van der Waals surface area contributed by atoms with E-state index in [0.717, 1.165) is 18.1 Å². The zero-order valence-corrected chi connectivity index (χ0v) is 20.6. The van der Waals surface area contributed by atoms with Gasteiger partial charge in [0.1, 0.15) is 6.04 Å². The van der Waals surface area contributed by atoms with Crippen molar-refractivity contribution in [3.05, 3.63) is 81.5 Å². The van der Waals surface area contributed by atoms with Crippen LogP contribution in [0.15, 0.2) is 59.2 Å². The second kappa shape index (κ2) is 12.1. The largest absolute Gasteiger partial charge is 0.480 e. The molecule has 0 radical (unpaired) electrons. The number of halogens is 4. The first kappa shape index (κ1) is 27.9. The molecule has 0 bridgehead atoms. The van der Waals surface area contributed by atoms with Crippen LogP contribution in [0, 0.1) is 6.92 Å². The highest BCUT2D eigenvalue weighted by atomic mass is 35.5. The molecule has 1 aliphatic rings. The first-order valence-electron chi connectivity index (χ1n) is 11.4. The molecule has 7 nitrogen and oxygen atoms in total. The maximum absolute atomic E-state index is 13.1. The summed E-state index contributed by atoms with van der Waals surface area (Å²) >= 11 is 6.11. The number of aliphatic imine (C=N–C) groups is 1. The lowest BCUT2D eigenvalue weighted by molar-refractivity contribution is -0.143. The van der Waals surface area contributed by atoms with Crippen molar-refractivity contribution < 1.29 is 32.7 Å². The first-order valence-corrected chi connectivity index (χ1v) is 11.8. The quantitative estimate of drug-likeness (QED) is 0.418. The average Bonchev–Trinajstić information content (AvgIpc) is 2.84. The zero-order valence-electron chi connectivity index (χ0n) is 19.8. The SMILES string of the molecule is Cc1cccc(Cl)c1C(=O)NC(Cc1ccc(CCCC(=O)C2=CNC=NC2C(F)(F)F)cc1)C(=O)O. The van der Waals surface area contributed by atoms with Gasteiger partial charge in [-0.3, -0.25) is 14.6 Å². The minimum Gasteiger partial charge on any atom is -0.480 e. The van der Waals surface area contributed by atoms with Gasteiger partial charge in [0.15, 0.2) is 11.8 Å². The summed E-state index contributed by atoms with van der Waals surface area (Å²) < 4.78 is 39.3. The molecule has 0 saturated heterocycles. The minimum atomic E-state index is -4.64. The number of rotatable bonds is 10. The lowest BCUT2D eigenvalue weighted by Gasteiger charge is -2.21. The van der Waals surface area contributed by atoms with Crippen LogP contribution in [-0.4, -0.2) is 47.4 Å². The molecule has 0 saturated carbocycles. The Morgan fingerprint density at radius 3 is 2.43 bits per heavy atom. The van der Waals surface area contributed by atoms with E-state index < -0.39 is 41.5 Å². The predicted octanol–water partition coefficient (Wildman–Crippen LogP) is 4.41. The number of hydrogen-bond acceptors (Lipinski definition) is 5. The van der Waals surface area contributed by atoms with Crippen molar-refractivity contribution >= 4 is 35.6 Å². The topological polar surface area (TPSA) is 108 Å². The van der Waals surface area contributed by atoms with Gasteiger partial charge in [0.2, 0.25) is 0 Å². The predicted molar refractivity (Wildman–Crippen MR) is 133 cm³/mol. The van der Waals surface area contributed by atoms with Crippen LogP contribution < -0.4 is 10.6 Å². The number of ketones is 1. The van der Waals surface area contributed by atoms with E-state index >= 15 is 0 Å². The van der Waals surface area contributed by atoms with Gasteiger partial charge in [0.25, 0.3) is 5.91 Å². The van der Waals surface area contributed by atoms with E-state index in [-0.39, 0.29) is 23.4 Å². The summed E-state index contributed by atoms with van der Waals surface area (Å²) in [5, 5.41) is 14.8. The number of aryl methyl sites for hydroxylation is 2. The molecule has 11 heteroatoms. The first-order chi connectivity index (χ1) is 17.5. The van der Waals surface area contributed by atoms with Crippen LogP contribution in [0.3, 0.4) is 0 Å². The Balaban J connectivity index is 1.55. The van der Waals surface area contributed by atoms with Crippen molar-refractivity contribution in [1.82, 2.24) is 10.6 Å². The maximum Gasteiger partial charge on any atom is 0.415 e. The van der Waals surface area contributed by atoms with Crippen molar-refractivity contribution in [3.8, 4) is 0 Å². The molecule has 37 heavy (non-hydrogen) atoms.